The van der Waals surface area contributed by atoms with E-state index in [2.05, 4.69) is 207 Å². The molecule has 5 heteroatoms. The Kier molecular flexibility index (Phi) is 6.80. The van der Waals surface area contributed by atoms with Gasteiger partial charge >= 0.3 is 0 Å². The molecule has 3 heterocycles. The molecule has 13 aromatic rings. The van der Waals surface area contributed by atoms with Crippen molar-refractivity contribution < 1.29 is 0 Å². The average Bonchev–Trinajstić information content (AvgIpc) is 3.97. The number of para-hydroxylation sites is 3. The van der Waals surface area contributed by atoms with Gasteiger partial charge in [-0.05, 0) is 74.8 Å². The van der Waals surface area contributed by atoms with E-state index in [1.807, 2.05) is 6.07 Å². The standard InChI is InChI=1S/C56H31N5/c1-58-44-32-37(33-57)54(59-45-23-11-8-20-41(45)51-38-17-5-2-14-34(38)26-29-48(51)59)56(61-47-25-13-10-22-43(47)53-40-19-7-4-16-36(40)28-31-50(53)61)55(44)60-46-24-12-9-21-42(46)52-39-18-6-3-15-35(39)27-30-49(52)60/h2-32H. The van der Waals surface area contributed by atoms with Gasteiger partial charge in [0.2, 0.25) is 5.69 Å². The molecule has 0 bridgehead atoms. The maximum absolute atomic E-state index is 11.4. The lowest BCUT2D eigenvalue weighted by molar-refractivity contribution is 1.05. The summed E-state index contributed by atoms with van der Waals surface area (Å²) in [5.41, 5.74) is 8.91. The zero-order valence-electron chi connectivity index (χ0n) is 32.6. The highest BCUT2D eigenvalue weighted by Crippen LogP contribution is 2.49. The lowest BCUT2D eigenvalue weighted by Gasteiger charge is -2.24. The fourth-order valence-corrected chi connectivity index (χ4v) is 10.4. The molecular weight excluding hydrogens is 743 g/mol. The highest BCUT2D eigenvalue weighted by atomic mass is 15.1. The van der Waals surface area contributed by atoms with Crippen LogP contribution in [0.5, 0.6) is 0 Å². The van der Waals surface area contributed by atoms with E-state index in [1.165, 1.54) is 0 Å². The van der Waals surface area contributed by atoms with Crippen molar-refractivity contribution in [3.8, 4) is 23.1 Å². The molecule has 0 aliphatic heterocycles. The van der Waals surface area contributed by atoms with Crippen LogP contribution in [0.25, 0.3) is 120 Å². The zero-order chi connectivity index (χ0) is 40.3. The van der Waals surface area contributed by atoms with Gasteiger partial charge in [0.15, 0.2) is 0 Å². The smallest absolute Gasteiger partial charge is 0.214 e. The predicted octanol–water partition coefficient (Wildman–Crippen LogP) is 14.9. The molecule has 0 radical (unpaired) electrons. The maximum atomic E-state index is 11.4. The van der Waals surface area contributed by atoms with Crippen LogP contribution < -0.4 is 0 Å². The largest absolute Gasteiger partial charge is 0.317 e. The minimum absolute atomic E-state index is 0.393. The van der Waals surface area contributed by atoms with E-state index in [0.717, 1.165) is 103 Å². The molecule has 0 aliphatic rings. The third-order valence-electron chi connectivity index (χ3n) is 12.8. The molecule has 0 atom stereocenters. The van der Waals surface area contributed by atoms with E-state index in [0.29, 0.717) is 22.6 Å². The topological polar surface area (TPSA) is 42.9 Å². The summed E-state index contributed by atoms with van der Waals surface area (Å²) in [5.74, 6) is 0. The van der Waals surface area contributed by atoms with Crippen LogP contribution in [0.4, 0.5) is 5.69 Å². The van der Waals surface area contributed by atoms with Crippen molar-refractivity contribution in [2.45, 2.75) is 0 Å². The SMILES string of the molecule is [C-]#[N+]c1cc(C#N)c(-n2c3ccccc3c3c4ccccc4ccc32)c(-n2c3ccccc3c3c4ccccc4ccc32)c1-n1c2ccccc2c2c3ccccc3ccc21. The van der Waals surface area contributed by atoms with Gasteiger partial charge in [-0.2, -0.15) is 5.26 Å². The molecule has 0 unspecified atom stereocenters. The maximum Gasteiger partial charge on any atom is 0.214 e. The van der Waals surface area contributed by atoms with E-state index < -0.39 is 0 Å². The second-order valence-electron chi connectivity index (χ2n) is 15.8. The lowest BCUT2D eigenvalue weighted by Crippen LogP contribution is -2.11. The first-order valence-corrected chi connectivity index (χ1v) is 20.5. The van der Waals surface area contributed by atoms with E-state index in [-0.39, 0.29) is 0 Å². The van der Waals surface area contributed by atoms with Gasteiger partial charge in [-0.15, -0.1) is 0 Å². The fraction of sp³-hybridized carbons (Fsp3) is 0. The van der Waals surface area contributed by atoms with Crippen LogP contribution in [0.3, 0.4) is 0 Å². The monoisotopic (exact) mass is 773 g/mol. The summed E-state index contributed by atoms with van der Waals surface area (Å²) in [5, 5.41) is 25.0. The highest BCUT2D eigenvalue weighted by molar-refractivity contribution is 6.25. The number of hydrogen-bond acceptors (Lipinski definition) is 1. The van der Waals surface area contributed by atoms with Crippen molar-refractivity contribution in [1.29, 1.82) is 5.26 Å². The molecule has 0 spiro atoms. The summed E-state index contributed by atoms with van der Waals surface area (Å²) in [7, 11) is 0. The number of nitrogens with zero attached hydrogens (tertiary/aromatic N) is 5. The normalized spacial score (nSPS) is 11.9. The number of hydrogen-bond donors (Lipinski definition) is 0. The van der Waals surface area contributed by atoms with E-state index in [1.54, 1.807) is 0 Å². The van der Waals surface area contributed by atoms with Crippen molar-refractivity contribution in [3.05, 3.63) is 205 Å². The number of fused-ring (bicyclic) bond motifs is 15. The molecule has 0 amide bonds. The first kappa shape index (κ1) is 33.3. The molecule has 0 fully saturated rings. The van der Waals surface area contributed by atoms with Crippen LogP contribution in [0.2, 0.25) is 0 Å². The summed E-state index contributed by atoms with van der Waals surface area (Å²) in [6.07, 6.45) is 0. The van der Waals surface area contributed by atoms with Crippen molar-refractivity contribution in [3.63, 3.8) is 0 Å². The van der Waals surface area contributed by atoms with Crippen LogP contribution in [-0.2, 0) is 0 Å². The van der Waals surface area contributed by atoms with Crippen LogP contribution in [0.1, 0.15) is 5.56 Å². The first-order chi connectivity index (χ1) is 30.2. The van der Waals surface area contributed by atoms with Gasteiger partial charge in [0.25, 0.3) is 0 Å². The molecule has 0 saturated heterocycles. The minimum atomic E-state index is 0.393. The Morgan fingerprint density at radius 3 is 1.10 bits per heavy atom. The zero-order valence-corrected chi connectivity index (χ0v) is 32.6. The fourth-order valence-electron chi connectivity index (χ4n) is 10.4. The highest BCUT2D eigenvalue weighted by Gasteiger charge is 2.30. The molecule has 0 N–H and O–H groups in total. The van der Waals surface area contributed by atoms with Crippen LogP contribution in [-0.4, -0.2) is 13.7 Å². The number of benzene rings is 10. The van der Waals surface area contributed by atoms with Gasteiger partial charge in [-0.1, -0.05) is 146 Å². The van der Waals surface area contributed by atoms with Gasteiger partial charge in [0.1, 0.15) is 6.07 Å². The summed E-state index contributed by atoms with van der Waals surface area (Å²) in [6.45, 7) is 8.95. The second-order valence-corrected chi connectivity index (χ2v) is 15.8. The van der Waals surface area contributed by atoms with E-state index >= 15 is 0 Å². The Labute approximate surface area is 349 Å². The van der Waals surface area contributed by atoms with Crippen molar-refractivity contribution in [2.75, 3.05) is 0 Å². The third-order valence-corrected chi connectivity index (χ3v) is 12.8. The predicted molar refractivity (Wildman–Crippen MR) is 253 cm³/mol. The summed E-state index contributed by atoms with van der Waals surface area (Å²) in [6, 6.07) is 68.8. The van der Waals surface area contributed by atoms with Gasteiger partial charge in [-0.3, -0.25) is 0 Å². The summed E-state index contributed by atoms with van der Waals surface area (Å²) < 4.78 is 6.91. The second kappa shape index (κ2) is 12.4. The molecule has 280 valence electrons. The molecule has 5 nitrogen and oxygen atoms in total. The lowest BCUT2D eigenvalue weighted by atomic mass is 10.0. The molecule has 10 aromatic carbocycles. The van der Waals surface area contributed by atoms with Crippen molar-refractivity contribution >= 4 is 103 Å². The van der Waals surface area contributed by atoms with E-state index in [4.69, 9.17) is 6.57 Å². The summed E-state index contributed by atoms with van der Waals surface area (Å²) >= 11 is 0. The summed E-state index contributed by atoms with van der Waals surface area (Å²) in [4.78, 5) is 4.34. The average molecular weight is 774 g/mol. The number of rotatable bonds is 3. The Hall–Kier alpha value is -8.64. The Morgan fingerprint density at radius 2 is 0.705 bits per heavy atom. The number of aromatic nitrogens is 3. The molecule has 0 aliphatic carbocycles. The van der Waals surface area contributed by atoms with Crippen LogP contribution in [0.15, 0.2) is 188 Å². The molecular formula is C56H31N5. The molecule has 61 heavy (non-hydrogen) atoms. The Morgan fingerprint density at radius 1 is 0.361 bits per heavy atom. The minimum Gasteiger partial charge on any atom is -0.317 e. The van der Waals surface area contributed by atoms with Crippen LogP contribution in [0, 0.1) is 17.9 Å². The van der Waals surface area contributed by atoms with Crippen molar-refractivity contribution in [1.82, 2.24) is 13.7 Å². The third kappa shape index (κ3) is 4.41. The van der Waals surface area contributed by atoms with Gasteiger partial charge < -0.3 is 13.7 Å². The molecule has 13 rings (SSSR count). The Bertz CT molecular complexity index is 3950. The van der Waals surface area contributed by atoms with Gasteiger partial charge in [0.05, 0.1) is 62.3 Å². The van der Waals surface area contributed by atoms with Gasteiger partial charge in [0, 0.05) is 32.3 Å². The van der Waals surface area contributed by atoms with Gasteiger partial charge in [-0.25, -0.2) is 4.85 Å². The quantitative estimate of drug-likeness (QED) is 0.165. The van der Waals surface area contributed by atoms with E-state index in [9.17, 15) is 5.26 Å². The molecule has 3 aromatic heterocycles. The number of nitriles is 1. The molecule has 0 saturated carbocycles. The van der Waals surface area contributed by atoms with Crippen molar-refractivity contribution in [2.24, 2.45) is 0 Å². The van der Waals surface area contributed by atoms with Crippen LogP contribution >= 0.6 is 0 Å². The first-order valence-electron chi connectivity index (χ1n) is 20.5. The Balaban J connectivity index is 1.33.